The van der Waals surface area contributed by atoms with Crippen LogP contribution in [0.5, 0.6) is 0 Å². The van der Waals surface area contributed by atoms with Crippen LogP contribution in [-0.4, -0.2) is 27.3 Å². The summed E-state index contributed by atoms with van der Waals surface area (Å²) in [5.41, 5.74) is 0.941. The molecule has 1 aromatic heterocycles. The molecular formula is C21H15N5O4S. The fraction of sp³-hybridized carbons (Fsp3) is 0.0952. The number of thioether (sulfide) groups is 1. The lowest BCUT2D eigenvalue weighted by Gasteiger charge is -2.32. The number of non-ortho nitro benzene ring substituents is 1. The second kappa shape index (κ2) is 7.40. The molecular weight excluding hydrogens is 418 g/mol. The van der Waals surface area contributed by atoms with E-state index in [2.05, 4.69) is 10.4 Å². The Bertz CT molecular complexity index is 1380. The molecule has 2 aromatic carbocycles. The van der Waals surface area contributed by atoms with Crippen molar-refractivity contribution in [2.75, 3.05) is 6.26 Å². The van der Waals surface area contributed by atoms with Crippen LogP contribution in [-0.2, 0) is 4.79 Å². The maximum absolute atomic E-state index is 12.8. The first kappa shape index (κ1) is 19.1. The monoisotopic (exact) mass is 433 g/mol. The van der Waals surface area contributed by atoms with Crippen molar-refractivity contribution in [3.63, 3.8) is 0 Å². The zero-order valence-corrected chi connectivity index (χ0v) is 17.0. The number of carbonyl (C=O) groups excluding carboxylic acids is 1. The Morgan fingerprint density at radius 3 is 2.81 bits per heavy atom. The summed E-state index contributed by atoms with van der Waals surface area (Å²) in [5.74, 6) is 0.661. The number of carbonyl (C=O) groups is 1. The first-order chi connectivity index (χ1) is 15.0. The number of hydrogen-bond donors (Lipinski definition) is 1. The summed E-state index contributed by atoms with van der Waals surface area (Å²) < 4.78 is 6.03. The van der Waals surface area contributed by atoms with E-state index in [-0.39, 0.29) is 11.6 Å². The Morgan fingerprint density at radius 2 is 2.00 bits per heavy atom. The minimum atomic E-state index is -0.689. The van der Waals surface area contributed by atoms with Crippen molar-refractivity contribution in [3.8, 4) is 11.3 Å². The van der Waals surface area contributed by atoms with Crippen LogP contribution in [0.25, 0.3) is 17.0 Å². The van der Waals surface area contributed by atoms with Gasteiger partial charge in [-0.25, -0.2) is 10.0 Å². The molecule has 1 atom stereocenters. The van der Waals surface area contributed by atoms with E-state index in [0.29, 0.717) is 38.5 Å². The summed E-state index contributed by atoms with van der Waals surface area (Å²) >= 11 is 1.32. The number of amidine groups is 1. The summed E-state index contributed by atoms with van der Waals surface area (Å²) in [4.78, 5) is 28.3. The zero-order chi connectivity index (χ0) is 21.5. The molecule has 1 unspecified atom stereocenters. The molecule has 0 saturated carbocycles. The van der Waals surface area contributed by atoms with Crippen LogP contribution in [0.4, 0.5) is 5.69 Å². The first-order valence-corrected chi connectivity index (χ1v) is 10.5. The van der Waals surface area contributed by atoms with Gasteiger partial charge in [0.15, 0.2) is 10.9 Å². The molecule has 31 heavy (non-hydrogen) atoms. The minimum absolute atomic E-state index is 0.0238. The molecule has 154 valence electrons. The molecule has 2 aliphatic heterocycles. The van der Waals surface area contributed by atoms with Crippen LogP contribution in [0.1, 0.15) is 11.9 Å². The van der Waals surface area contributed by atoms with Crippen LogP contribution in [0.15, 0.2) is 75.2 Å². The quantitative estimate of drug-likeness (QED) is 0.501. The van der Waals surface area contributed by atoms with Crippen LogP contribution in [0.2, 0.25) is 0 Å². The smallest absolute Gasteiger partial charge is 0.276 e. The largest absolute Gasteiger partial charge is 0.457 e. The molecule has 2 aliphatic rings. The standard InChI is InChI=1S/C21H15N5O4S/c1-31-21-23-20(27)18-14-7-2-3-8-15(14)22-19(25(18)24-21)17-10-9-16(30-17)12-5-4-6-13(11-12)26(28)29/h2-11,19H,1H3,(H,23,24,27). The van der Waals surface area contributed by atoms with Crippen molar-refractivity contribution < 1.29 is 14.1 Å². The lowest BCUT2D eigenvalue weighted by molar-refractivity contribution is -0.384. The topological polar surface area (TPSA) is 113 Å². The van der Waals surface area contributed by atoms with Gasteiger partial charge in [0.25, 0.3) is 11.6 Å². The van der Waals surface area contributed by atoms with Gasteiger partial charge in [-0.15, -0.1) is 5.10 Å². The fourth-order valence-electron chi connectivity index (χ4n) is 3.52. The number of rotatable bonds is 3. The van der Waals surface area contributed by atoms with Gasteiger partial charge in [0.2, 0.25) is 6.17 Å². The molecule has 0 spiro atoms. The van der Waals surface area contributed by atoms with Crippen molar-refractivity contribution in [2.45, 2.75) is 6.17 Å². The highest BCUT2D eigenvalue weighted by Crippen LogP contribution is 2.34. The van der Waals surface area contributed by atoms with E-state index in [1.165, 1.54) is 23.9 Å². The third-order valence-corrected chi connectivity index (χ3v) is 5.50. The Labute approximate surface area is 179 Å². The number of nitro benzene ring substituents is 1. The van der Waals surface area contributed by atoms with Gasteiger partial charge in [0.05, 0.1) is 10.3 Å². The molecule has 3 aromatic rings. The van der Waals surface area contributed by atoms with E-state index in [0.717, 1.165) is 0 Å². The molecule has 0 bridgehead atoms. The van der Waals surface area contributed by atoms with Crippen molar-refractivity contribution >= 4 is 34.2 Å². The number of hydrazone groups is 1. The summed E-state index contributed by atoms with van der Waals surface area (Å²) in [6.07, 6.45) is 1.13. The predicted molar refractivity (Wildman–Crippen MR) is 115 cm³/mol. The molecule has 1 N–H and O–H groups in total. The highest BCUT2D eigenvalue weighted by atomic mass is 32.2. The number of nitrogens with one attached hydrogen (secondary N) is 1. The van der Waals surface area contributed by atoms with Crippen molar-refractivity contribution in [2.24, 2.45) is 10.1 Å². The molecule has 3 heterocycles. The average molecular weight is 433 g/mol. The van der Waals surface area contributed by atoms with Gasteiger partial charge in [-0.3, -0.25) is 20.2 Å². The number of amides is 1. The maximum Gasteiger partial charge on any atom is 0.276 e. The molecule has 0 aliphatic carbocycles. The van der Waals surface area contributed by atoms with E-state index in [1.54, 1.807) is 29.3 Å². The van der Waals surface area contributed by atoms with Crippen LogP contribution < -0.4 is 15.9 Å². The second-order valence-corrected chi connectivity index (χ2v) is 7.58. The van der Waals surface area contributed by atoms with Gasteiger partial charge in [-0.1, -0.05) is 42.1 Å². The molecule has 5 rings (SSSR count). The van der Waals surface area contributed by atoms with E-state index in [4.69, 9.17) is 9.41 Å². The summed E-state index contributed by atoms with van der Waals surface area (Å²) in [5, 5.41) is 21.8. The first-order valence-electron chi connectivity index (χ1n) is 9.30. The lowest BCUT2D eigenvalue weighted by Crippen LogP contribution is -2.50. The van der Waals surface area contributed by atoms with Gasteiger partial charge in [-0.2, -0.15) is 0 Å². The number of furan rings is 1. The number of para-hydroxylation sites is 1. The van der Waals surface area contributed by atoms with Gasteiger partial charge in [0.1, 0.15) is 11.5 Å². The van der Waals surface area contributed by atoms with Gasteiger partial charge >= 0.3 is 0 Å². The SMILES string of the molecule is CSC1=NN2C(=c3ccccc3=NC2c2ccc(-c3cccc([N+](=O)[O-])c3)o2)C(=O)N1. The Morgan fingerprint density at radius 1 is 1.16 bits per heavy atom. The summed E-state index contributed by atoms with van der Waals surface area (Å²) in [6.45, 7) is 0. The van der Waals surface area contributed by atoms with Crippen LogP contribution >= 0.6 is 11.8 Å². The van der Waals surface area contributed by atoms with Gasteiger partial charge in [0, 0.05) is 22.9 Å². The van der Waals surface area contributed by atoms with Crippen molar-refractivity contribution in [1.29, 1.82) is 0 Å². The average Bonchev–Trinajstić information content (AvgIpc) is 3.28. The molecule has 0 saturated heterocycles. The highest BCUT2D eigenvalue weighted by Gasteiger charge is 2.35. The molecule has 1 amide bonds. The van der Waals surface area contributed by atoms with Gasteiger partial charge < -0.3 is 4.42 Å². The second-order valence-electron chi connectivity index (χ2n) is 6.79. The summed E-state index contributed by atoms with van der Waals surface area (Å²) in [6, 6.07) is 17.0. The van der Waals surface area contributed by atoms with E-state index >= 15 is 0 Å². The number of nitrogens with zero attached hydrogens (tertiary/aromatic N) is 4. The predicted octanol–water partition coefficient (Wildman–Crippen LogP) is 2.36. The van der Waals surface area contributed by atoms with Crippen LogP contribution in [0.3, 0.4) is 0 Å². The zero-order valence-electron chi connectivity index (χ0n) is 16.2. The Balaban J connectivity index is 1.63. The van der Waals surface area contributed by atoms with E-state index in [9.17, 15) is 14.9 Å². The number of benzene rings is 2. The van der Waals surface area contributed by atoms with Crippen molar-refractivity contribution in [1.82, 2.24) is 10.3 Å². The molecule has 9 nitrogen and oxygen atoms in total. The Kier molecular flexibility index (Phi) is 4.55. The molecule has 10 heteroatoms. The van der Waals surface area contributed by atoms with Crippen LogP contribution in [0, 0.1) is 10.1 Å². The fourth-order valence-corrected chi connectivity index (χ4v) is 3.89. The van der Waals surface area contributed by atoms with Gasteiger partial charge in [-0.05, 0) is 24.5 Å². The third kappa shape index (κ3) is 3.26. The number of fused-ring (bicyclic) bond motifs is 2. The normalized spacial score (nSPS) is 17.3. The highest BCUT2D eigenvalue weighted by molar-refractivity contribution is 8.13. The van der Waals surface area contributed by atoms with Crippen molar-refractivity contribution in [3.05, 3.63) is 87.1 Å². The number of nitro groups is 1. The third-order valence-electron chi connectivity index (χ3n) is 4.93. The molecule has 0 radical (unpaired) electrons. The number of hydrogen-bond acceptors (Lipinski definition) is 8. The molecule has 0 fully saturated rings. The van der Waals surface area contributed by atoms with E-state index < -0.39 is 11.1 Å². The summed E-state index contributed by atoms with van der Waals surface area (Å²) in [7, 11) is 0. The Hall–Kier alpha value is -3.92. The lowest BCUT2D eigenvalue weighted by atomic mass is 10.1. The maximum atomic E-state index is 12.8. The minimum Gasteiger partial charge on any atom is -0.457 e. The van der Waals surface area contributed by atoms with E-state index in [1.807, 2.05) is 30.5 Å².